The summed E-state index contributed by atoms with van der Waals surface area (Å²) in [5.41, 5.74) is 1.97. The Kier molecular flexibility index (Phi) is 6.83. The lowest BCUT2D eigenvalue weighted by molar-refractivity contribution is 0.102. The highest BCUT2D eigenvalue weighted by molar-refractivity contribution is 6.12. The van der Waals surface area contributed by atoms with Crippen LogP contribution in [0.2, 0.25) is 0 Å². The van der Waals surface area contributed by atoms with Gasteiger partial charge in [0.2, 0.25) is 0 Å². The fraction of sp³-hybridized carbons (Fsp3) is 0.462. The van der Waals surface area contributed by atoms with E-state index in [4.69, 9.17) is 5.10 Å². The van der Waals surface area contributed by atoms with Crippen molar-refractivity contribution in [2.45, 2.75) is 77.2 Å². The van der Waals surface area contributed by atoms with Crippen LogP contribution < -0.4 is 5.32 Å². The number of rotatable bonds is 8. The normalized spacial score (nSPS) is 14.8. The van der Waals surface area contributed by atoms with Gasteiger partial charge in [0.15, 0.2) is 5.82 Å². The Hall–Kier alpha value is -2.62. The van der Waals surface area contributed by atoms with Crippen molar-refractivity contribution in [3.63, 3.8) is 0 Å². The lowest BCUT2D eigenvalue weighted by atomic mass is 9.95. The summed E-state index contributed by atoms with van der Waals surface area (Å²) in [5, 5.41) is 10.00. The average Bonchev–Trinajstić information content (AvgIpc) is 3.19. The summed E-state index contributed by atoms with van der Waals surface area (Å²) in [7, 11) is 0. The van der Waals surface area contributed by atoms with Gasteiger partial charge in [-0.25, -0.2) is 0 Å². The van der Waals surface area contributed by atoms with E-state index >= 15 is 0 Å². The second-order valence-corrected chi connectivity index (χ2v) is 8.55. The van der Waals surface area contributed by atoms with Crippen molar-refractivity contribution in [1.82, 2.24) is 9.78 Å². The molecule has 158 valence electrons. The zero-order valence-electron chi connectivity index (χ0n) is 18.1. The highest BCUT2D eigenvalue weighted by atomic mass is 16.1. The molecule has 0 spiro atoms. The van der Waals surface area contributed by atoms with E-state index < -0.39 is 0 Å². The minimum Gasteiger partial charge on any atom is -0.305 e. The molecular weight excluding hydrogens is 370 g/mol. The summed E-state index contributed by atoms with van der Waals surface area (Å²) in [4.78, 5) is 13.1. The summed E-state index contributed by atoms with van der Waals surface area (Å²) in [5.74, 6) is 0.599. The van der Waals surface area contributed by atoms with E-state index in [9.17, 15) is 4.79 Å². The minimum absolute atomic E-state index is 0.0855. The van der Waals surface area contributed by atoms with E-state index in [2.05, 4.69) is 23.0 Å². The Labute approximate surface area is 179 Å². The minimum atomic E-state index is -0.0855. The van der Waals surface area contributed by atoms with Gasteiger partial charge in [0.25, 0.3) is 5.91 Å². The number of aromatic nitrogens is 2. The number of anilines is 1. The van der Waals surface area contributed by atoms with Gasteiger partial charge in [-0.15, -0.1) is 0 Å². The molecule has 0 aliphatic heterocycles. The van der Waals surface area contributed by atoms with Gasteiger partial charge in [0.05, 0.1) is 6.04 Å². The number of carbonyl (C=O) groups is 1. The van der Waals surface area contributed by atoms with Crippen LogP contribution in [-0.4, -0.2) is 15.7 Å². The van der Waals surface area contributed by atoms with Crippen molar-refractivity contribution in [2.24, 2.45) is 0 Å². The molecule has 0 radical (unpaired) electrons. The van der Waals surface area contributed by atoms with Crippen molar-refractivity contribution in [2.75, 3.05) is 5.32 Å². The van der Waals surface area contributed by atoms with Crippen molar-refractivity contribution < 1.29 is 4.79 Å². The molecule has 1 fully saturated rings. The summed E-state index contributed by atoms with van der Waals surface area (Å²) in [6.45, 7) is 2.24. The number of amides is 1. The lowest BCUT2D eigenvalue weighted by Crippen LogP contribution is -2.17. The molecule has 1 aliphatic rings. The molecule has 0 unspecified atom stereocenters. The van der Waals surface area contributed by atoms with Crippen molar-refractivity contribution >= 4 is 22.5 Å². The molecule has 0 atom stereocenters. The van der Waals surface area contributed by atoms with Gasteiger partial charge < -0.3 is 5.32 Å². The topological polar surface area (TPSA) is 46.9 Å². The molecule has 1 amide bonds. The van der Waals surface area contributed by atoms with E-state index in [1.54, 1.807) is 0 Å². The first-order chi connectivity index (χ1) is 14.8. The van der Waals surface area contributed by atoms with Crippen LogP contribution >= 0.6 is 0 Å². The molecule has 1 aliphatic carbocycles. The highest BCUT2D eigenvalue weighted by Gasteiger charge is 2.21. The molecule has 1 heterocycles. The van der Waals surface area contributed by atoms with Gasteiger partial charge in [-0.2, -0.15) is 5.10 Å². The summed E-state index contributed by atoms with van der Waals surface area (Å²) in [6, 6.07) is 16.5. The number of nitrogens with zero attached hydrogens (tertiary/aromatic N) is 2. The van der Waals surface area contributed by atoms with Gasteiger partial charge in [-0.1, -0.05) is 81.8 Å². The monoisotopic (exact) mass is 403 g/mol. The Morgan fingerprint density at radius 1 is 1.03 bits per heavy atom. The molecule has 4 rings (SSSR count). The predicted molar refractivity (Wildman–Crippen MR) is 124 cm³/mol. The molecule has 1 N–H and O–H groups in total. The molecular formula is C26H33N3O. The van der Waals surface area contributed by atoms with Gasteiger partial charge in [0.1, 0.15) is 0 Å². The smallest absolute Gasteiger partial charge is 0.257 e. The van der Waals surface area contributed by atoms with Gasteiger partial charge in [-0.05, 0) is 42.5 Å². The van der Waals surface area contributed by atoms with E-state index in [0.717, 1.165) is 17.2 Å². The average molecular weight is 404 g/mol. The number of unbranched alkanes of at least 4 members (excludes halogenated alkanes) is 3. The zero-order valence-corrected chi connectivity index (χ0v) is 18.1. The van der Waals surface area contributed by atoms with Crippen molar-refractivity contribution in [3.8, 4) is 0 Å². The molecule has 1 aromatic heterocycles. The Morgan fingerprint density at radius 3 is 2.67 bits per heavy atom. The maximum Gasteiger partial charge on any atom is 0.257 e. The van der Waals surface area contributed by atoms with Crippen LogP contribution in [0.3, 0.4) is 0 Å². The van der Waals surface area contributed by atoms with Gasteiger partial charge in [-0.3, -0.25) is 9.48 Å². The van der Waals surface area contributed by atoms with Crippen molar-refractivity contribution in [3.05, 3.63) is 59.8 Å². The van der Waals surface area contributed by atoms with Crippen molar-refractivity contribution in [1.29, 1.82) is 0 Å². The van der Waals surface area contributed by atoms with Crippen LogP contribution in [0.1, 0.15) is 86.8 Å². The third-order valence-electron chi connectivity index (χ3n) is 6.30. The Bertz CT molecular complexity index is 980. The van der Waals surface area contributed by atoms with E-state index in [-0.39, 0.29) is 5.91 Å². The first-order valence-electron chi connectivity index (χ1n) is 11.6. The first kappa shape index (κ1) is 20.6. The molecule has 4 nitrogen and oxygen atoms in total. The fourth-order valence-electron chi connectivity index (χ4n) is 4.66. The summed E-state index contributed by atoms with van der Waals surface area (Å²) < 4.78 is 2.23. The quantitative estimate of drug-likeness (QED) is 0.415. The number of aryl methyl sites for hydroxylation is 1. The second-order valence-electron chi connectivity index (χ2n) is 8.55. The van der Waals surface area contributed by atoms with Crippen LogP contribution in [0.15, 0.2) is 48.5 Å². The number of hydrogen-bond acceptors (Lipinski definition) is 2. The number of fused-ring (bicyclic) bond motifs is 1. The zero-order chi connectivity index (χ0) is 20.8. The maximum atomic E-state index is 13.1. The highest BCUT2D eigenvalue weighted by Crippen LogP contribution is 2.30. The molecule has 3 aromatic rings. The van der Waals surface area contributed by atoms with Gasteiger partial charge >= 0.3 is 0 Å². The Morgan fingerprint density at radius 2 is 1.83 bits per heavy atom. The van der Waals surface area contributed by atoms with Crippen LogP contribution in [0, 0.1) is 0 Å². The second kappa shape index (κ2) is 9.92. The number of benzene rings is 2. The number of nitrogens with one attached hydrogen (secondary N) is 1. The molecule has 4 heteroatoms. The molecule has 0 saturated heterocycles. The standard InChI is InChI=1S/C26H33N3O/c1-2-3-4-6-16-22-19-25(28-29(22)21-14-7-5-8-15-21)27-26(30)24-18-11-13-20-12-9-10-17-23(20)24/h9-13,17-19,21H,2-8,14-16H2,1H3,(H,27,28,30). The summed E-state index contributed by atoms with van der Waals surface area (Å²) in [6.07, 6.45) is 12.3. The van der Waals surface area contributed by atoms with Crippen LogP contribution in [0.25, 0.3) is 10.8 Å². The van der Waals surface area contributed by atoms with E-state index in [0.29, 0.717) is 17.4 Å². The van der Waals surface area contributed by atoms with Gasteiger partial charge in [0, 0.05) is 17.3 Å². The first-order valence-corrected chi connectivity index (χ1v) is 11.6. The molecule has 2 aromatic carbocycles. The predicted octanol–water partition coefficient (Wildman–Crippen LogP) is 6.92. The third-order valence-corrected chi connectivity index (χ3v) is 6.30. The van der Waals surface area contributed by atoms with Crippen LogP contribution in [0.4, 0.5) is 5.82 Å². The fourth-order valence-corrected chi connectivity index (χ4v) is 4.66. The third kappa shape index (κ3) is 4.75. The van der Waals surface area contributed by atoms with E-state index in [1.807, 2.05) is 42.5 Å². The molecule has 1 saturated carbocycles. The number of hydrogen-bond donors (Lipinski definition) is 1. The SMILES string of the molecule is CCCCCCc1cc(NC(=O)c2cccc3ccccc23)nn1C1CCCCC1. The lowest BCUT2D eigenvalue weighted by Gasteiger charge is -2.24. The van der Waals surface area contributed by atoms with Crippen LogP contribution in [0.5, 0.6) is 0 Å². The Balaban J connectivity index is 1.55. The maximum absolute atomic E-state index is 13.1. The van der Waals surface area contributed by atoms with E-state index in [1.165, 1.54) is 63.5 Å². The molecule has 30 heavy (non-hydrogen) atoms. The largest absolute Gasteiger partial charge is 0.305 e. The summed E-state index contributed by atoms with van der Waals surface area (Å²) >= 11 is 0. The van der Waals surface area contributed by atoms with Crippen LogP contribution in [-0.2, 0) is 6.42 Å². The number of carbonyl (C=O) groups excluding carboxylic acids is 1. The molecule has 0 bridgehead atoms.